The monoisotopic (exact) mass is 275 g/mol. The summed E-state index contributed by atoms with van der Waals surface area (Å²) < 4.78 is 15.6. The standard InChI is InChI=1S/C15H17NO4/c1-11-5-6-12(14(10-11)20-9-8-18-2)16-15(17)13-4-3-7-19-13/h3-7,10H,8-9H2,1-2H3,(H,16,17). The Morgan fingerprint density at radius 3 is 2.85 bits per heavy atom. The van der Waals surface area contributed by atoms with E-state index >= 15 is 0 Å². The zero-order valence-electron chi connectivity index (χ0n) is 11.5. The van der Waals surface area contributed by atoms with E-state index in [1.165, 1.54) is 6.26 Å². The number of hydrogen-bond acceptors (Lipinski definition) is 4. The highest BCUT2D eigenvalue weighted by atomic mass is 16.5. The first kappa shape index (κ1) is 14.1. The van der Waals surface area contributed by atoms with E-state index in [-0.39, 0.29) is 11.7 Å². The minimum Gasteiger partial charge on any atom is -0.489 e. The highest BCUT2D eigenvalue weighted by Crippen LogP contribution is 2.26. The third-order valence-corrected chi connectivity index (χ3v) is 2.68. The Kier molecular flexibility index (Phi) is 4.79. The molecule has 0 saturated carbocycles. The summed E-state index contributed by atoms with van der Waals surface area (Å²) in [5.74, 6) is 0.561. The Morgan fingerprint density at radius 1 is 1.30 bits per heavy atom. The molecule has 0 atom stereocenters. The second kappa shape index (κ2) is 6.77. The highest BCUT2D eigenvalue weighted by Gasteiger charge is 2.12. The Labute approximate surface area is 117 Å². The molecular weight excluding hydrogens is 258 g/mol. The largest absolute Gasteiger partial charge is 0.489 e. The van der Waals surface area contributed by atoms with Crippen LogP contribution >= 0.6 is 0 Å². The molecule has 0 aliphatic heterocycles. The molecule has 0 saturated heterocycles. The molecule has 0 spiro atoms. The molecule has 0 radical (unpaired) electrons. The van der Waals surface area contributed by atoms with Gasteiger partial charge >= 0.3 is 0 Å². The van der Waals surface area contributed by atoms with Crippen molar-refractivity contribution in [1.29, 1.82) is 0 Å². The maximum absolute atomic E-state index is 12.0. The van der Waals surface area contributed by atoms with Gasteiger partial charge < -0.3 is 19.2 Å². The Bertz CT molecular complexity index is 563. The Hall–Kier alpha value is -2.27. The molecule has 0 aliphatic carbocycles. The minimum absolute atomic E-state index is 0.258. The van der Waals surface area contributed by atoms with Crippen LogP contribution in [0.4, 0.5) is 5.69 Å². The van der Waals surface area contributed by atoms with Gasteiger partial charge in [0.05, 0.1) is 18.6 Å². The average molecular weight is 275 g/mol. The predicted octanol–water partition coefficient (Wildman–Crippen LogP) is 2.87. The van der Waals surface area contributed by atoms with Gasteiger partial charge in [0, 0.05) is 7.11 Å². The molecule has 5 nitrogen and oxygen atoms in total. The molecule has 0 aliphatic rings. The number of rotatable bonds is 6. The number of aryl methyl sites for hydroxylation is 1. The van der Waals surface area contributed by atoms with Crippen LogP contribution in [0.25, 0.3) is 0 Å². The molecule has 106 valence electrons. The number of anilines is 1. The molecular formula is C15H17NO4. The van der Waals surface area contributed by atoms with E-state index in [1.807, 2.05) is 19.1 Å². The van der Waals surface area contributed by atoms with E-state index in [0.717, 1.165) is 5.56 Å². The molecule has 0 unspecified atom stereocenters. The summed E-state index contributed by atoms with van der Waals surface area (Å²) in [6, 6.07) is 8.85. The van der Waals surface area contributed by atoms with Gasteiger partial charge in [-0.1, -0.05) is 6.07 Å². The van der Waals surface area contributed by atoms with Gasteiger partial charge in [0.15, 0.2) is 5.76 Å². The third kappa shape index (κ3) is 3.61. The fraction of sp³-hybridized carbons (Fsp3) is 0.267. The van der Waals surface area contributed by atoms with Crippen LogP contribution in [-0.4, -0.2) is 26.2 Å². The number of benzene rings is 1. The van der Waals surface area contributed by atoms with Crippen molar-refractivity contribution in [2.24, 2.45) is 0 Å². The summed E-state index contributed by atoms with van der Waals surface area (Å²) in [7, 11) is 1.61. The van der Waals surface area contributed by atoms with Gasteiger partial charge in [-0.05, 0) is 36.8 Å². The van der Waals surface area contributed by atoms with Gasteiger partial charge in [-0.3, -0.25) is 4.79 Å². The number of nitrogens with one attached hydrogen (secondary N) is 1. The SMILES string of the molecule is COCCOc1cc(C)ccc1NC(=O)c1ccco1. The van der Waals surface area contributed by atoms with Crippen molar-refractivity contribution in [1.82, 2.24) is 0 Å². The molecule has 20 heavy (non-hydrogen) atoms. The summed E-state index contributed by atoms with van der Waals surface area (Å²) in [6.07, 6.45) is 1.46. The van der Waals surface area contributed by atoms with E-state index in [2.05, 4.69) is 5.32 Å². The first-order valence-electron chi connectivity index (χ1n) is 6.28. The number of furan rings is 1. The molecule has 1 aromatic carbocycles. The van der Waals surface area contributed by atoms with E-state index in [1.54, 1.807) is 25.3 Å². The first-order valence-corrected chi connectivity index (χ1v) is 6.28. The molecule has 2 rings (SSSR count). The van der Waals surface area contributed by atoms with E-state index in [4.69, 9.17) is 13.9 Å². The fourth-order valence-corrected chi connectivity index (χ4v) is 1.68. The number of hydrogen-bond donors (Lipinski definition) is 1. The normalized spacial score (nSPS) is 10.3. The van der Waals surface area contributed by atoms with Gasteiger partial charge in [0.2, 0.25) is 0 Å². The maximum atomic E-state index is 12.0. The summed E-state index contributed by atoms with van der Waals surface area (Å²) in [5.41, 5.74) is 1.65. The lowest BCUT2D eigenvalue weighted by atomic mass is 10.2. The molecule has 1 amide bonds. The average Bonchev–Trinajstić information content (AvgIpc) is 2.96. The van der Waals surface area contributed by atoms with Crippen LogP contribution in [0.3, 0.4) is 0 Å². The molecule has 0 bridgehead atoms. The lowest BCUT2D eigenvalue weighted by molar-refractivity contribution is 0.0995. The number of amides is 1. The van der Waals surface area contributed by atoms with Crippen LogP contribution in [-0.2, 0) is 4.74 Å². The summed E-state index contributed by atoms with van der Waals surface area (Å²) in [6.45, 7) is 2.87. The minimum atomic E-state index is -0.310. The highest BCUT2D eigenvalue weighted by molar-refractivity contribution is 6.03. The fourth-order valence-electron chi connectivity index (χ4n) is 1.68. The van der Waals surface area contributed by atoms with E-state index < -0.39 is 0 Å². The van der Waals surface area contributed by atoms with Crippen LogP contribution in [0.1, 0.15) is 16.1 Å². The van der Waals surface area contributed by atoms with Gasteiger partial charge in [0.1, 0.15) is 12.4 Å². The molecule has 0 fully saturated rings. The summed E-state index contributed by atoms with van der Waals surface area (Å²) in [4.78, 5) is 12.0. The smallest absolute Gasteiger partial charge is 0.291 e. The molecule has 2 aromatic rings. The third-order valence-electron chi connectivity index (χ3n) is 2.68. The number of methoxy groups -OCH3 is 1. The van der Waals surface area contributed by atoms with Crippen LogP contribution in [0.5, 0.6) is 5.75 Å². The Morgan fingerprint density at radius 2 is 2.15 bits per heavy atom. The van der Waals surface area contributed by atoms with Crippen LogP contribution in [0, 0.1) is 6.92 Å². The first-order chi connectivity index (χ1) is 9.70. The molecule has 1 N–H and O–H groups in total. The number of carbonyl (C=O) groups is 1. The van der Waals surface area contributed by atoms with Crippen LogP contribution in [0.15, 0.2) is 41.0 Å². The lowest BCUT2D eigenvalue weighted by Crippen LogP contribution is -2.13. The van der Waals surface area contributed by atoms with Crippen LogP contribution < -0.4 is 10.1 Å². The zero-order valence-corrected chi connectivity index (χ0v) is 11.5. The maximum Gasteiger partial charge on any atom is 0.291 e. The number of carbonyl (C=O) groups excluding carboxylic acids is 1. The Balaban J connectivity index is 2.11. The summed E-state index contributed by atoms with van der Waals surface area (Å²) in [5, 5.41) is 2.77. The van der Waals surface area contributed by atoms with Gasteiger partial charge in [-0.25, -0.2) is 0 Å². The predicted molar refractivity (Wildman–Crippen MR) is 75.2 cm³/mol. The van der Waals surface area contributed by atoms with Gasteiger partial charge in [-0.2, -0.15) is 0 Å². The van der Waals surface area contributed by atoms with Crippen molar-refractivity contribution in [2.75, 3.05) is 25.6 Å². The van der Waals surface area contributed by atoms with Gasteiger partial charge in [-0.15, -0.1) is 0 Å². The molecule has 1 aromatic heterocycles. The van der Waals surface area contributed by atoms with E-state index in [0.29, 0.717) is 24.7 Å². The van der Waals surface area contributed by atoms with Crippen molar-refractivity contribution in [3.8, 4) is 5.75 Å². The van der Waals surface area contributed by atoms with Gasteiger partial charge in [0.25, 0.3) is 5.91 Å². The van der Waals surface area contributed by atoms with Crippen LogP contribution in [0.2, 0.25) is 0 Å². The molecule has 5 heteroatoms. The van der Waals surface area contributed by atoms with Crippen molar-refractivity contribution < 1.29 is 18.7 Å². The van der Waals surface area contributed by atoms with Crippen molar-refractivity contribution >= 4 is 11.6 Å². The van der Waals surface area contributed by atoms with Crippen molar-refractivity contribution in [3.05, 3.63) is 47.9 Å². The van der Waals surface area contributed by atoms with Crippen molar-refractivity contribution in [3.63, 3.8) is 0 Å². The topological polar surface area (TPSA) is 60.7 Å². The van der Waals surface area contributed by atoms with E-state index in [9.17, 15) is 4.79 Å². The quantitative estimate of drug-likeness (QED) is 0.823. The second-order valence-corrected chi connectivity index (χ2v) is 4.27. The zero-order chi connectivity index (χ0) is 14.4. The number of ether oxygens (including phenoxy) is 2. The second-order valence-electron chi connectivity index (χ2n) is 4.27. The molecule has 1 heterocycles. The summed E-state index contributed by atoms with van der Waals surface area (Å²) >= 11 is 0. The lowest BCUT2D eigenvalue weighted by Gasteiger charge is -2.12. The van der Waals surface area contributed by atoms with Crippen molar-refractivity contribution in [2.45, 2.75) is 6.92 Å².